The Hall–Kier alpha value is -2.34. The summed E-state index contributed by atoms with van der Waals surface area (Å²) in [6, 6.07) is 7.26. The van der Waals surface area contributed by atoms with Crippen molar-refractivity contribution in [3.8, 4) is 0 Å². The van der Waals surface area contributed by atoms with Crippen LogP contribution in [0.1, 0.15) is 5.56 Å². The van der Waals surface area contributed by atoms with E-state index in [1.807, 2.05) is 12.1 Å². The maximum atomic E-state index is 11.0. The highest BCUT2D eigenvalue weighted by atomic mass is 16.4. The van der Waals surface area contributed by atoms with Gasteiger partial charge in [-0.1, -0.05) is 18.2 Å². The third-order valence-electron chi connectivity index (χ3n) is 3.54. The van der Waals surface area contributed by atoms with E-state index in [9.17, 15) is 9.59 Å². The summed E-state index contributed by atoms with van der Waals surface area (Å²) in [5.41, 5.74) is 0.851. The van der Waals surface area contributed by atoms with Crippen LogP contribution < -0.4 is 4.90 Å². The van der Waals surface area contributed by atoms with Crippen LogP contribution in [0, 0.1) is 0 Å². The molecule has 1 aromatic carbocycles. The van der Waals surface area contributed by atoms with Gasteiger partial charge in [0.05, 0.1) is 0 Å². The monoisotopic (exact) mass is 290 g/mol. The van der Waals surface area contributed by atoms with Crippen molar-refractivity contribution in [2.75, 3.05) is 38.1 Å². The van der Waals surface area contributed by atoms with Gasteiger partial charge in [-0.3, -0.25) is 0 Å². The Morgan fingerprint density at radius 1 is 1.05 bits per heavy atom. The number of carboxylic acids is 2. The van der Waals surface area contributed by atoms with Gasteiger partial charge in [-0.05, 0) is 24.8 Å². The smallest absolute Gasteiger partial charge is 0.343 e. The van der Waals surface area contributed by atoms with E-state index in [4.69, 9.17) is 10.2 Å². The van der Waals surface area contributed by atoms with Crippen molar-refractivity contribution in [2.45, 2.75) is 0 Å². The fourth-order valence-corrected chi connectivity index (χ4v) is 2.32. The summed E-state index contributed by atoms with van der Waals surface area (Å²) in [5, 5.41) is 17.9. The number of rotatable bonds is 4. The van der Waals surface area contributed by atoms with Crippen LogP contribution in [-0.4, -0.2) is 60.3 Å². The van der Waals surface area contributed by atoms with Crippen molar-refractivity contribution in [3.05, 3.63) is 35.4 Å². The van der Waals surface area contributed by atoms with Crippen LogP contribution in [0.25, 0.3) is 6.08 Å². The number of nitrogens with zero attached hydrogens (tertiary/aromatic N) is 2. The quantitative estimate of drug-likeness (QED) is 0.489. The molecular formula is C15H18N2O4. The Morgan fingerprint density at radius 2 is 1.62 bits per heavy atom. The summed E-state index contributed by atoms with van der Waals surface area (Å²) in [5.74, 6) is -2.87. The Labute approximate surface area is 122 Å². The lowest BCUT2D eigenvalue weighted by atomic mass is 10.1. The summed E-state index contributed by atoms with van der Waals surface area (Å²) in [7, 11) is 2.05. The molecule has 0 radical (unpaired) electrons. The second kappa shape index (κ2) is 6.41. The first-order chi connectivity index (χ1) is 9.99. The fourth-order valence-electron chi connectivity index (χ4n) is 2.32. The highest BCUT2D eigenvalue weighted by Crippen LogP contribution is 2.24. The van der Waals surface area contributed by atoms with Gasteiger partial charge in [0.1, 0.15) is 5.57 Å². The van der Waals surface area contributed by atoms with E-state index in [2.05, 4.69) is 16.8 Å². The molecule has 1 saturated heterocycles. The lowest BCUT2D eigenvalue weighted by Crippen LogP contribution is -2.44. The number of aliphatic carboxylic acids is 2. The molecule has 0 aromatic heterocycles. The van der Waals surface area contributed by atoms with Gasteiger partial charge in [-0.15, -0.1) is 0 Å². The van der Waals surface area contributed by atoms with Crippen LogP contribution in [-0.2, 0) is 9.59 Å². The van der Waals surface area contributed by atoms with E-state index in [0.29, 0.717) is 5.56 Å². The van der Waals surface area contributed by atoms with Gasteiger partial charge in [0.15, 0.2) is 0 Å². The average molecular weight is 290 g/mol. The van der Waals surface area contributed by atoms with E-state index in [0.717, 1.165) is 31.9 Å². The van der Waals surface area contributed by atoms with E-state index in [1.54, 1.807) is 12.1 Å². The Balaban J connectivity index is 2.35. The molecule has 1 heterocycles. The summed E-state index contributed by atoms with van der Waals surface area (Å²) < 4.78 is 0. The molecule has 0 bridgehead atoms. The maximum absolute atomic E-state index is 11.0. The second-order valence-corrected chi connectivity index (χ2v) is 5.02. The largest absolute Gasteiger partial charge is 0.477 e. The number of hydrogen-bond donors (Lipinski definition) is 2. The normalized spacial score (nSPS) is 15.6. The van der Waals surface area contributed by atoms with Crippen LogP contribution in [0.5, 0.6) is 0 Å². The van der Waals surface area contributed by atoms with E-state index < -0.39 is 17.5 Å². The number of piperazine rings is 1. The molecule has 2 rings (SSSR count). The summed E-state index contributed by atoms with van der Waals surface area (Å²) in [6.07, 6.45) is 1.22. The van der Waals surface area contributed by atoms with Crippen LogP contribution in [0.15, 0.2) is 29.8 Å². The van der Waals surface area contributed by atoms with Crippen LogP contribution in [0.4, 0.5) is 5.69 Å². The zero-order chi connectivity index (χ0) is 15.4. The van der Waals surface area contributed by atoms with Gasteiger partial charge in [0, 0.05) is 31.9 Å². The molecule has 0 saturated carbocycles. The highest BCUT2D eigenvalue weighted by Gasteiger charge is 2.19. The minimum absolute atomic E-state index is 0.613. The van der Waals surface area contributed by atoms with Crippen molar-refractivity contribution >= 4 is 23.7 Å². The SMILES string of the molecule is CN1CCN(c2ccccc2C=C(C(=O)O)C(=O)O)CC1. The van der Waals surface area contributed by atoms with Crippen molar-refractivity contribution in [1.82, 2.24) is 4.90 Å². The molecule has 0 aliphatic carbocycles. The number of benzene rings is 1. The number of anilines is 1. The van der Waals surface area contributed by atoms with Crippen LogP contribution >= 0.6 is 0 Å². The first-order valence-electron chi connectivity index (χ1n) is 6.70. The van der Waals surface area contributed by atoms with Crippen molar-refractivity contribution in [1.29, 1.82) is 0 Å². The lowest BCUT2D eigenvalue weighted by molar-refractivity contribution is -0.139. The predicted molar refractivity (Wildman–Crippen MR) is 79.4 cm³/mol. The standard InChI is InChI=1S/C15H18N2O4/c1-16-6-8-17(9-7-16)13-5-3-2-4-11(13)10-12(14(18)19)15(20)21/h2-5,10H,6-9H2,1H3,(H,18,19)(H,20,21). The molecule has 21 heavy (non-hydrogen) atoms. The topological polar surface area (TPSA) is 81.1 Å². The van der Waals surface area contributed by atoms with Crippen LogP contribution in [0.3, 0.4) is 0 Å². The highest BCUT2D eigenvalue weighted by molar-refractivity contribution is 6.16. The molecule has 2 N–H and O–H groups in total. The van der Waals surface area contributed by atoms with Gasteiger partial charge in [-0.2, -0.15) is 0 Å². The molecule has 1 aliphatic rings. The molecule has 0 amide bonds. The Morgan fingerprint density at radius 3 is 2.19 bits per heavy atom. The molecular weight excluding hydrogens is 272 g/mol. The van der Waals surface area contributed by atoms with Crippen molar-refractivity contribution < 1.29 is 19.8 Å². The van der Waals surface area contributed by atoms with E-state index in [-0.39, 0.29) is 0 Å². The van der Waals surface area contributed by atoms with Gasteiger partial charge in [0.2, 0.25) is 0 Å². The number of hydrogen-bond acceptors (Lipinski definition) is 4. The zero-order valence-electron chi connectivity index (χ0n) is 11.8. The number of carboxylic acid groups (broad SMARTS) is 2. The molecule has 6 heteroatoms. The minimum Gasteiger partial charge on any atom is -0.477 e. The predicted octanol–water partition coefficient (Wildman–Crippen LogP) is 0.991. The van der Waals surface area contributed by atoms with Gasteiger partial charge >= 0.3 is 11.9 Å². The summed E-state index contributed by atoms with van der Waals surface area (Å²) in [6.45, 7) is 3.50. The Bertz CT molecular complexity index is 559. The fraction of sp³-hybridized carbons (Fsp3) is 0.333. The number of carbonyl (C=O) groups is 2. The molecule has 1 fully saturated rings. The second-order valence-electron chi connectivity index (χ2n) is 5.02. The molecule has 0 atom stereocenters. The summed E-state index contributed by atoms with van der Waals surface area (Å²) in [4.78, 5) is 26.4. The molecule has 0 unspecified atom stereocenters. The summed E-state index contributed by atoms with van der Waals surface area (Å²) >= 11 is 0. The molecule has 1 aliphatic heterocycles. The first-order valence-corrected chi connectivity index (χ1v) is 6.70. The average Bonchev–Trinajstić information content (AvgIpc) is 2.45. The molecule has 6 nitrogen and oxygen atoms in total. The zero-order valence-corrected chi connectivity index (χ0v) is 11.8. The minimum atomic E-state index is -1.43. The molecule has 112 valence electrons. The molecule has 1 aromatic rings. The molecule has 0 spiro atoms. The third kappa shape index (κ3) is 3.61. The third-order valence-corrected chi connectivity index (χ3v) is 3.54. The van der Waals surface area contributed by atoms with Crippen molar-refractivity contribution in [2.24, 2.45) is 0 Å². The number of likely N-dealkylation sites (N-methyl/N-ethyl adjacent to an activating group) is 1. The Kier molecular flexibility index (Phi) is 4.59. The maximum Gasteiger partial charge on any atom is 0.343 e. The first kappa shape index (κ1) is 15.1. The van der Waals surface area contributed by atoms with Gasteiger partial charge < -0.3 is 20.0 Å². The number of para-hydroxylation sites is 1. The van der Waals surface area contributed by atoms with E-state index >= 15 is 0 Å². The van der Waals surface area contributed by atoms with Crippen LogP contribution in [0.2, 0.25) is 0 Å². The van der Waals surface area contributed by atoms with Gasteiger partial charge in [-0.25, -0.2) is 9.59 Å². The lowest BCUT2D eigenvalue weighted by Gasteiger charge is -2.34. The van der Waals surface area contributed by atoms with Crippen molar-refractivity contribution in [3.63, 3.8) is 0 Å². The van der Waals surface area contributed by atoms with E-state index in [1.165, 1.54) is 6.08 Å². The van der Waals surface area contributed by atoms with Gasteiger partial charge in [0.25, 0.3) is 0 Å².